The molecule has 1 aromatic carbocycles. The smallest absolute Gasteiger partial charge is 0.410 e. The lowest BCUT2D eigenvalue weighted by atomic mass is 9.96. The molecular weight excluding hydrogens is 550 g/mol. The number of anilines is 1. The third kappa shape index (κ3) is 6.03. The molecule has 5 rings (SSSR count). The number of aryl methyl sites for hydroxylation is 1. The van der Waals surface area contributed by atoms with Gasteiger partial charge in [-0.1, -0.05) is 19.3 Å². The Labute approximate surface area is 239 Å². The van der Waals surface area contributed by atoms with Crippen LogP contribution in [-0.2, 0) is 14.8 Å². The van der Waals surface area contributed by atoms with Crippen LogP contribution < -0.4 is 5.32 Å². The minimum absolute atomic E-state index is 0.140. The van der Waals surface area contributed by atoms with Crippen molar-refractivity contribution in [1.29, 1.82) is 0 Å². The normalized spacial score (nSPS) is 17.8. The number of thiophene rings is 1. The maximum absolute atomic E-state index is 13.2. The molecule has 0 bridgehead atoms. The number of fused-ring (bicyclic) bond motifs is 1. The summed E-state index contributed by atoms with van der Waals surface area (Å²) in [4.78, 5) is 28.7. The minimum Gasteiger partial charge on any atom is -0.444 e. The molecule has 2 aromatic heterocycles. The lowest BCUT2D eigenvalue weighted by molar-refractivity contribution is 0.0192. The molecule has 3 aromatic rings. The summed E-state index contributed by atoms with van der Waals surface area (Å²) in [5.41, 5.74) is 0.836. The highest BCUT2D eigenvalue weighted by Gasteiger charge is 2.32. The summed E-state index contributed by atoms with van der Waals surface area (Å²) >= 11 is 1.45. The van der Waals surface area contributed by atoms with E-state index in [1.807, 2.05) is 13.0 Å². The van der Waals surface area contributed by atoms with E-state index < -0.39 is 21.7 Å². The van der Waals surface area contributed by atoms with E-state index in [1.165, 1.54) is 51.9 Å². The topological polar surface area (TPSA) is 114 Å². The molecule has 0 radical (unpaired) electrons. The lowest BCUT2D eigenvalue weighted by Crippen LogP contribution is -2.51. The zero-order valence-corrected chi connectivity index (χ0v) is 25.1. The second-order valence-electron chi connectivity index (χ2n) is 11.5. The molecule has 2 amide bonds. The number of ether oxygens (including phenoxy) is 1. The van der Waals surface area contributed by atoms with Crippen molar-refractivity contribution < 1.29 is 22.7 Å². The fourth-order valence-electron chi connectivity index (χ4n) is 5.25. The molecule has 10 nitrogen and oxygen atoms in total. The number of nitrogens with zero attached hydrogens (tertiary/aromatic N) is 4. The molecule has 12 heteroatoms. The number of rotatable bonds is 5. The molecule has 2 fully saturated rings. The van der Waals surface area contributed by atoms with Crippen molar-refractivity contribution in [3.05, 3.63) is 40.9 Å². The lowest BCUT2D eigenvalue weighted by Gasteiger charge is -2.35. The first-order valence-corrected chi connectivity index (χ1v) is 16.1. The Morgan fingerprint density at radius 3 is 2.30 bits per heavy atom. The summed E-state index contributed by atoms with van der Waals surface area (Å²) in [7, 11) is -3.74. The average molecular weight is 588 g/mol. The summed E-state index contributed by atoms with van der Waals surface area (Å²) in [6.45, 7) is 8.26. The number of nitrogens with one attached hydrogen (secondary N) is 1. The Morgan fingerprint density at radius 2 is 1.68 bits per heavy atom. The Bertz CT molecular complexity index is 1490. The summed E-state index contributed by atoms with van der Waals surface area (Å²) in [5.74, 6) is -0.232. The van der Waals surface area contributed by atoms with E-state index >= 15 is 0 Å². The van der Waals surface area contributed by atoms with E-state index in [0.717, 1.165) is 28.8 Å². The van der Waals surface area contributed by atoms with Crippen LogP contribution in [-0.4, -0.2) is 71.2 Å². The SMILES string of the molecule is Cc1nn(C2CCCCC2)c2sc(C(=O)Nc3ccc(S(=O)(=O)N4CCN(C(=O)OC(C)(C)C)CC4)cc3)cc12. The first-order valence-electron chi connectivity index (χ1n) is 13.8. The van der Waals surface area contributed by atoms with Gasteiger partial charge in [-0.25, -0.2) is 13.2 Å². The molecule has 1 saturated heterocycles. The van der Waals surface area contributed by atoms with Crippen LogP contribution in [0.1, 0.15) is 74.3 Å². The number of hydrogen-bond donors (Lipinski definition) is 1. The molecule has 40 heavy (non-hydrogen) atoms. The molecule has 0 unspecified atom stereocenters. The van der Waals surface area contributed by atoms with Crippen LogP contribution >= 0.6 is 11.3 Å². The van der Waals surface area contributed by atoms with Gasteiger partial charge in [0.1, 0.15) is 10.4 Å². The zero-order chi connectivity index (χ0) is 28.7. The van der Waals surface area contributed by atoms with Crippen LogP contribution in [0.25, 0.3) is 10.2 Å². The van der Waals surface area contributed by atoms with Crippen LogP contribution in [0.3, 0.4) is 0 Å². The number of carbonyl (C=O) groups excluding carboxylic acids is 2. The molecule has 0 spiro atoms. The van der Waals surface area contributed by atoms with Crippen LogP contribution in [0.4, 0.5) is 10.5 Å². The molecule has 1 aliphatic carbocycles. The predicted molar refractivity (Wildman–Crippen MR) is 155 cm³/mol. The standard InChI is InChI=1S/C28H37N5O5S2/c1-19-23-18-24(39-26(23)33(30-19)21-8-6-5-7-9-21)25(34)29-20-10-12-22(13-11-20)40(36,37)32-16-14-31(15-17-32)27(35)38-28(2,3)4/h10-13,18,21H,5-9,14-17H2,1-4H3,(H,29,34). The van der Waals surface area contributed by atoms with E-state index in [1.54, 1.807) is 32.9 Å². The van der Waals surface area contributed by atoms with Crippen molar-refractivity contribution in [2.75, 3.05) is 31.5 Å². The van der Waals surface area contributed by atoms with Gasteiger partial charge in [0, 0.05) is 37.3 Å². The number of carbonyl (C=O) groups is 2. The van der Waals surface area contributed by atoms with Crippen molar-refractivity contribution in [3.8, 4) is 0 Å². The van der Waals surface area contributed by atoms with Crippen molar-refractivity contribution in [1.82, 2.24) is 19.0 Å². The summed E-state index contributed by atoms with van der Waals surface area (Å²) in [6, 6.07) is 8.48. The first-order chi connectivity index (χ1) is 18.9. The van der Waals surface area contributed by atoms with E-state index in [0.29, 0.717) is 16.6 Å². The Hall–Kier alpha value is -2.96. The van der Waals surface area contributed by atoms with Gasteiger partial charge in [0.25, 0.3) is 5.91 Å². The molecule has 1 aliphatic heterocycles. The number of sulfonamides is 1. The predicted octanol–water partition coefficient (Wildman–Crippen LogP) is 5.41. The van der Waals surface area contributed by atoms with Gasteiger partial charge in [0.05, 0.1) is 21.5 Å². The fraction of sp³-hybridized carbons (Fsp3) is 0.536. The van der Waals surface area contributed by atoms with Gasteiger partial charge < -0.3 is 15.0 Å². The number of aromatic nitrogens is 2. The minimum atomic E-state index is -3.74. The largest absolute Gasteiger partial charge is 0.444 e. The third-order valence-electron chi connectivity index (χ3n) is 7.35. The van der Waals surface area contributed by atoms with E-state index in [-0.39, 0.29) is 37.0 Å². The van der Waals surface area contributed by atoms with Gasteiger partial charge in [-0.2, -0.15) is 9.40 Å². The Morgan fingerprint density at radius 1 is 1.02 bits per heavy atom. The highest BCUT2D eigenvalue weighted by Crippen LogP contribution is 2.35. The fourth-order valence-corrected chi connectivity index (χ4v) is 7.80. The maximum Gasteiger partial charge on any atom is 0.410 e. The maximum atomic E-state index is 13.2. The van der Waals surface area contributed by atoms with Crippen LogP contribution in [0.5, 0.6) is 0 Å². The molecule has 216 valence electrons. The van der Waals surface area contributed by atoms with Gasteiger partial charge in [-0.3, -0.25) is 9.48 Å². The van der Waals surface area contributed by atoms with Gasteiger partial charge >= 0.3 is 6.09 Å². The quantitative estimate of drug-likeness (QED) is 0.427. The van der Waals surface area contributed by atoms with Crippen LogP contribution in [0, 0.1) is 6.92 Å². The van der Waals surface area contributed by atoms with Crippen molar-refractivity contribution >= 4 is 49.3 Å². The van der Waals surface area contributed by atoms with Crippen LogP contribution in [0.15, 0.2) is 35.2 Å². The number of piperazine rings is 1. The summed E-state index contributed by atoms with van der Waals surface area (Å²) in [6.07, 6.45) is 5.47. The summed E-state index contributed by atoms with van der Waals surface area (Å²) < 4.78 is 35.3. The first kappa shape index (κ1) is 28.6. The van der Waals surface area contributed by atoms with Gasteiger partial charge in [-0.05, 0) is 70.9 Å². The number of amides is 2. The van der Waals surface area contributed by atoms with E-state index in [9.17, 15) is 18.0 Å². The molecule has 3 heterocycles. The van der Waals surface area contributed by atoms with Gasteiger partial charge in [0.2, 0.25) is 10.0 Å². The van der Waals surface area contributed by atoms with E-state index in [4.69, 9.17) is 9.84 Å². The molecule has 0 atom stereocenters. The highest BCUT2D eigenvalue weighted by atomic mass is 32.2. The monoisotopic (exact) mass is 587 g/mol. The molecular formula is C28H37N5O5S2. The van der Waals surface area contributed by atoms with Crippen LogP contribution in [0.2, 0.25) is 0 Å². The molecule has 2 aliphatic rings. The number of hydrogen-bond acceptors (Lipinski definition) is 7. The highest BCUT2D eigenvalue weighted by molar-refractivity contribution is 7.89. The van der Waals surface area contributed by atoms with Crippen molar-refractivity contribution in [2.24, 2.45) is 0 Å². The van der Waals surface area contributed by atoms with Gasteiger partial charge in [-0.15, -0.1) is 11.3 Å². The van der Waals surface area contributed by atoms with Crippen molar-refractivity contribution in [3.63, 3.8) is 0 Å². The summed E-state index contributed by atoms with van der Waals surface area (Å²) in [5, 5.41) is 8.67. The van der Waals surface area contributed by atoms with E-state index in [2.05, 4.69) is 10.00 Å². The molecule has 1 saturated carbocycles. The Kier molecular flexibility index (Phi) is 7.95. The second kappa shape index (κ2) is 11.1. The Balaban J connectivity index is 1.22. The molecule has 1 N–H and O–H groups in total. The number of benzene rings is 1. The third-order valence-corrected chi connectivity index (χ3v) is 10.4. The van der Waals surface area contributed by atoms with Crippen molar-refractivity contribution in [2.45, 2.75) is 76.3 Å². The second-order valence-corrected chi connectivity index (χ2v) is 14.5. The average Bonchev–Trinajstić information content (AvgIpc) is 3.49. The zero-order valence-electron chi connectivity index (χ0n) is 23.5. The van der Waals surface area contributed by atoms with Gasteiger partial charge in [0.15, 0.2) is 0 Å².